The molecule has 1 aromatic carbocycles. The van der Waals surface area contributed by atoms with Gasteiger partial charge in [0, 0.05) is 31.6 Å². The van der Waals surface area contributed by atoms with Gasteiger partial charge in [0.2, 0.25) is 5.91 Å². The number of carbonyl (C=O) groups excluding carboxylic acids is 1. The van der Waals surface area contributed by atoms with E-state index in [1.165, 1.54) is 5.56 Å². The van der Waals surface area contributed by atoms with Crippen molar-refractivity contribution in [1.29, 1.82) is 0 Å². The summed E-state index contributed by atoms with van der Waals surface area (Å²) in [4.78, 5) is 12.5. The van der Waals surface area contributed by atoms with E-state index in [9.17, 15) is 4.79 Å². The van der Waals surface area contributed by atoms with Gasteiger partial charge in [0.05, 0.1) is 12.7 Å². The molecule has 5 nitrogen and oxygen atoms in total. The van der Waals surface area contributed by atoms with E-state index in [1.54, 1.807) is 0 Å². The van der Waals surface area contributed by atoms with E-state index in [2.05, 4.69) is 17.4 Å². The molecule has 1 saturated carbocycles. The summed E-state index contributed by atoms with van der Waals surface area (Å²) in [5.41, 5.74) is 6.35. The van der Waals surface area contributed by atoms with Crippen LogP contribution in [0.3, 0.4) is 0 Å². The summed E-state index contributed by atoms with van der Waals surface area (Å²) in [5, 5.41) is 2.98. The second-order valence-electron chi connectivity index (χ2n) is 7.34. The second-order valence-corrected chi connectivity index (χ2v) is 7.34. The summed E-state index contributed by atoms with van der Waals surface area (Å²) < 4.78 is 11.3. The van der Waals surface area contributed by atoms with Crippen molar-refractivity contribution in [1.82, 2.24) is 5.32 Å². The third-order valence-electron chi connectivity index (χ3n) is 5.35. The molecule has 148 valence electrons. The van der Waals surface area contributed by atoms with Crippen molar-refractivity contribution in [2.24, 2.45) is 11.1 Å². The molecule has 0 spiro atoms. The average molecular weight is 385 g/mol. The minimum absolute atomic E-state index is 0. The van der Waals surface area contributed by atoms with Crippen LogP contribution in [0, 0.1) is 5.41 Å². The number of hydrogen-bond donors (Lipinski definition) is 2. The summed E-state index contributed by atoms with van der Waals surface area (Å²) in [6, 6.07) is 10.1. The number of hydrogen-bond acceptors (Lipinski definition) is 4. The lowest BCUT2D eigenvalue weighted by molar-refractivity contribution is -0.170. The highest BCUT2D eigenvalue weighted by atomic mass is 35.5. The molecule has 1 amide bonds. The van der Waals surface area contributed by atoms with Crippen molar-refractivity contribution in [3.63, 3.8) is 0 Å². The van der Waals surface area contributed by atoms with Crippen molar-refractivity contribution in [2.75, 3.05) is 19.8 Å². The van der Waals surface area contributed by atoms with Gasteiger partial charge in [-0.05, 0) is 25.3 Å². The highest BCUT2D eigenvalue weighted by Crippen LogP contribution is 2.49. The van der Waals surface area contributed by atoms with Crippen molar-refractivity contribution < 1.29 is 14.3 Å². The zero-order valence-electron chi connectivity index (χ0n) is 16.1. The minimum atomic E-state index is -0.837. The van der Waals surface area contributed by atoms with Crippen LogP contribution in [0.5, 0.6) is 0 Å². The molecule has 1 aliphatic rings. The molecule has 0 heterocycles. The van der Waals surface area contributed by atoms with E-state index >= 15 is 0 Å². The number of nitrogens with one attached hydrogen (secondary N) is 1. The lowest BCUT2D eigenvalue weighted by Crippen LogP contribution is -2.75. The predicted molar refractivity (Wildman–Crippen MR) is 106 cm³/mol. The molecule has 1 aromatic rings. The van der Waals surface area contributed by atoms with Crippen LogP contribution >= 0.6 is 12.4 Å². The Hall–Kier alpha value is -1.14. The van der Waals surface area contributed by atoms with Gasteiger partial charge in [0.15, 0.2) is 0 Å². The summed E-state index contributed by atoms with van der Waals surface area (Å²) in [6.07, 6.45) is 2.43. The minimum Gasteiger partial charge on any atom is -0.378 e. The molecular formula is C20H33ClN2O3. The van der Waals surface area contributed by atoms with Gasteiger partial charge >= 0.3 is 0 Å². The molecule has 26 heavy (non-hydrogen) atoms. The van der Waals surface area contributed by atoms with Crippen LogP contribution in [0.25, 0.3) is 0 Å². The van der Waals surface area contributed by atoms with E-state index in [0.717, 1.165) is 12.8 Å². The normalized spacial score (nSPS) is 23.6. The summed E-state index contributed by atoms with van der Waals surface area (Å²) in [6.45, 7) is 8.58. The number of carbonyl (C=O) groups is 1. The van der Waals surface area contributed by atoms with E-state index in [4.69, 9.17) is 15.2 Å². The number of halogens is 1. The Morgan fingerprint density at radius 1 is 1.27 bits per heavy atom. The molecule has 2 unspecified atom stereocenters. The Labute approximate surface area is 163 Å². The molecule has 3 N–H and O–H groups in total. The van der Waals surface area contributed by atoms with E-state index in [1.807, 2.05) is 39.0 Å². The van der Waals surface area contributed by atoms with Crippen LogP contribution in [0.2, 0.25) is 0 Å². The maximum Gasteiger partial charge on any atom is 0.240 e. The Kier molecular flexibility index (Phi) is 9.04. The van der Waals surface area contributed by atoms with Crippen LogP contribution in [0.15, 0.2) is 30.3 Å². The number of unbranched alkanes of at least 4 members (excludes halogenated alkanes) is 1. The van der Waals surface area contributed by atoms with E-state index < -0.39 is 5.54 Å². The van der Waals surface area contributed by atoms with Gasteiger partial charge in [-0.25, -0.2) is 0 Å². The molecule has 6 heteroatoms. The maximum atomic E-state index is 12.5. The van der Waals surface area contributed by atoms with Crippen LogP contribution in [0.4, 0.5) is 0 Å². The Bertz CT molecular complexity index is 553. The van der Waals surface area contributed by atoms with Crippen molar-refractivity contribution >= 4 is 18.3 Å². The third-order valence-corrected chi connectivity index (χ3v) is 5.35. The summed E-state index contributed by atoms with van der Waals surface area (Å²) in [5.74, 6) is -0.0707. The van der Waals surface area contributed by atoms with E-state index in [0.29, 0.717) is 32.8 Å². The highest BCUT2D eigenvalue weighted by Gasteiger charge is 2.62. The van der Waals surface area contributed by atoms with Crippen LogP contribution in [-0.4, -0.2) is 37.3 Å². The molecule has 1 fully saturated rings. The van der Waals surface area contributed by atoms with E-state index in [-0.39, 0.29) is 29.8 Å². The standard InChI is InChI=1S/C20H32N2O3.ClH/c1-4-25-17-14-20(21,19(17,2)3)18(23)22-12-8-9-13-24-15-16-10-6-5-7-11-16;/h5-7,10-11,17H,4,8-9,12-15,21H2,1-3H3,(H,22,23);1H. The number of nitrogens with two attached hydrogens (primary N) is 1. The van der Waals surface area contributed by atoms with Crippen LogP contribution in [0.1, 0.15) is 45.6 Å². The lowest BCUT2D eigenvalue weighted by Gasteiger charge is -2.57. The first kappa shape index (κ1) is 22.9. The molecule has 0 aromatic heterocycles. The van der Waals surface area contributed by atoms with Crippen LogP contribution < -0.4 is 11.1 Å². The number of benzene rings is 1. The summed E-state index contributed by atoms with van der Waals surface area (Å²) in [7, 11) is 0. The van der Waals surface area contributed by atoms with Gasteiger partial charge in [-0.15, -0.1) is 12.4 Å². The molecule has 0 aliphatic heterocycles. The molecule has 0 radical (unpaired) electrons. The molecule has 0 bridgehead atoms. The van der Waals surface area contributed by atoms with Crippen molar-refractivity contribution in [2.45, 2.75) is 58.3 Å². The van der Waals surface area contributed by atoms with Gasteiger partial charge in [-0.1, -0.05) is 44.2 Å². The van der Waals surface area contributed by atoms with Crippen LogP contribution in [-0.2, 0) is 20.9 Å². The Balaban J connectivity index is 0.00000338. The number of amides is 1. The maximum absolute atomic E-state index is 12.5. The predicted octanol–water partition coefficient (Wildman–Crippen LogP) is 3.05. The zero-order chi connectivity index (χ0) is 18.3. The quantitative estimate of drug-likeness (QED) is 0.608. The molecule has 2 atom stereocenters. The first-order chi connectivity index (χ1) is 11.9. The number of ether oxygens (including phenoxy) is 2. The highest BCUT2D eigenvalue weighted by molar-refractivity contribution is 5.88. The van der Waals surface area contributed by atoms with Gasteiger partial charge in [0.1, 0.15) is 5.54 Å². The van der Waals surface area contributed by atoms with Gasteiger partial charge < -0.3 is 20.5 Å². The van der Waals surface area contributed by atoms with Crippen molar-refractivity contribution in [3.05, 3.63) is 35.9 Å². The fourth-order valence-corrected chi connectivity index (χ4v) is 3.27. The second kappa shape index (κ2) is 10.3. The van der Waals surface area contributed by atoms with Gasteiger partial charge in [0.25, 0.3) is 0 Å². The first-order valence-electron chi connectivity index (χ1n) is 9.22. The SMILES string of the molecule is CCOC1CC(N)(C(=O)NCCCCOCc2ccccc2)C1(C)C.Cl. The zero-order valence-corrected chi connectivity index (χ0v) is 16.9. The average Bonchev–Trinajstić information content (AvgIpc) is 2.61. The lowest BCUT2D eigenvalue weighted by atomic mass is 9.54. The third kappa shape index (κ3) is 5.19. The monoisotopic (exact) mass is 384 g/mol. The fraction of sp³-hybridized carbons (Fsp3) is 0.650. The Morgan fingerprint density at radius 3 is 2.58 bits per heavy atom. The van der Waals surface area contributed by atoms with Crippen molar-refractivity contribution in [3.8, 4) is 0 Å². The molecule has 0 saturated heterocycles. The molecule has 1 aliphatic carbocycles. The smallest absolute Gasteiger partial charge is 0.240 e. The molecule has 2 rings (SSSR count). The largest absolute Gasteiger partial charge is 0.378 e. The summed E-state index contributed by atoms with van der Waals surface area (Å²) >= 11 is 0. The topological polar surface area (TPSA) is 73.6 Å². The van der Waals surface area contributed by atoms with Gasteiger partial charge in [-0.3, -0.25) is 4.79 Å². The van der Waals surface area contributed by atoms with Gasteiger partial charge in [-0.2, -0.15) is 0 Å². The fourth-order valence-electron chi connectivity index (χ4n) is 3.27. The molecular weight excluding hydrogens is 352 g/mol. The Morgan fingerprint density at radius 2 is 1.96 bits per heavy atom. The first-order valence-corrected chi connectivity index (χ1v) is 9.22. The number of rotatable bonds is 10.